The third-order valence-electron chi connectivity index (χ3n) is 5.65. The first-order valence-electron chi connectivity index (χ1n) is 9.80. The molecule has 1 N–H and O–H groups in total. The lowest BCUT2D eigenvalue weighted by Gasteiger charge is -2.34. The van der Waals surface area contributed by atoms with Gasteiger partial charge in [0.15, 0.2) is 5.82 Å². The molecule has 144 valence electrons. The number of allylic oxidation sites excluding steroid dienone is 2. The fraction of sp³-hybridized carbons (Fsp3) is 0.217. The van der Waals surface area contributed by atoms with Crippen LogP contribution in [0.1, 0.15) is 35.2 Å². The number of aldehydes is 1. The zero-order valence-corrected chi connectivity index (χ0v) is 15.9. The summed E-state index contributed by atoms with van der Waals surface area (Å²) in [6.07, 6.45) is 18.8. The highest BCUT2D eigenvalue weighted by atomic mass is 16.1. The van der Waals surface area contributed by atoms with Gasteiger partial charge in [0.2, 0.25) is 0 Å². The maximum absolute atomic E-state index is 10.9. The van der Waals surface area contributed by atoms with Gasteiger partial charge in [0.05, 0.1) is 5.69 Å². The normalized spacial score (nSPS) is 17.2. The average Bonchev–Trinajstić information content (AvgIpc) is 3.54. The molecule has 0 spiro atoms. The number of rotatable bonds is 6. The second-order valence-corrected chi connectivity index (χ2v) is 7.50. The largest absolute Gasteiger partial charge is 0.365 e. The molecule has 3 aromatic rings. The molecule has 0 amide bonds. The van der Waals surface area contributed by atoms with Gasteiger partial charge in [-0.15, -0.1) is 0 Å². The van der Waals surface area contributed by atoms with Crippen molar-refractivity contribution < 1.29 is 4.79 Å². The first kappa shape index (κ1) is 17.6. The number of nitrogens with zero attached hydrogens (tertiary/aromatic N) is 4. The topological polar surface area (TPSA) is 72.7 Å². The SMILES string of the molecule is O=CC=Cn1nc(NC2CC2)c2c1CC(c1ccncc1)(c1ccncc1)C=C2. The summed E-state index contributed by atoms with van der Waals surface area (Å²) in [5.41, 5.74) is 4.12. The zero-order chi connectivity index (χ0) is 19.7. The van der Waals surface area contributed by atoms with E-state index in [9.17, 15) is 4.79 Å². The summed E-state index contributed by atoms with van der Waals surface area (Å²) in [4.78, 5) is 19.3. The molecule has 2 aliphatic rings. The molecule has 5 rings (SSSR count). The van der Waals surface area contributed by atoms with Gasteiger partial charge in [-0.3, -0.25) is 14.8 Å². The number of pyridine rings is 2. The van der Waals surface area contributed by atoms with Crippen molar-refractivity contribution in [1.29, 1.82) is 0 Å². The van der Waals surface area contributed by atoms with Crippen molar-refractivity contribution in [2.45, 2.75) is 30.7 Å². The number of hydrogen-bond donors (Lipinski definition) is 1. The van der Waals surface area contributed by atoms with Gasteiger partial charge in [0.1, 0.15) is 6.29 Å². The minimum absolute atomic E-state index is 0.359. The summed E-state index contributed by atoms with van der Waals surface area (Å²) in [6.45, 7) is 0. The van der Waals surface area contributed by atoms with E-state index in [1.54, 1.807) is 6.20 Å². The van der Waals surface area contributed by atoms with Gasteiger partial charge in [0, 0.05) is 54.4 Å². The highest BCUT2D eigenvalue weighted by Gasteiger charge is 2.38. The van der Waals surface area contributed by atoms with Crippen LogP contribution in [0, 0.1) is 0 Å². The minimum atomic E-state index is -0.359. The number of carbonyl (C=O) groups excluding carboxylic acids is 1. The third kappa shape index (κ3) is 3.16. The highest BCUT2D eigenvalue weighted by Crippen LogP contribution is 2.43. The lowest BCUT2D eigenvalue weighted by atomic mass is 9.69. The molecule has 0 atom stereocenters. The quantitative estimate of drug-likeness (QED) is 0.521. The number of hydrogen-bond acceptors (Lipinski definition) is 5. The van der Waals surface area contributed by atoms with Crippen LogP contribution in [0.25, 0.3) is 12.3 Å². The van der Waals surface area contributed by atoms with Crippen molar-refractivity contribution in [2.24, 2.45) is 0 Å². The first-order valence-corrected chi connectivity index (χ1v) is 9.80. The van der Waals surface area contributed by atoms with Gasteiger partial charge in [-0.05, 0) is 54.3 Å². The van der Waals surface area contributed by atoms with E-state index >= 15 is 0 Å². The van der Waals surface area contributed by atoms with E-state index in [1.807, 2.05) is 29.5 Å². The molecule has 0 unspecified atom stereocenters. The monoisotopic (exact) mass is 383 g/mol. The van der Waals surface area contributed by atoms with E-state index in [4.69, 9.17) is 5.10 Å². The average molecular weight is 383 g/mol. The molecule has 3 aromatic heterocycles. The van der Waals surface area contributed by atoms with Crippen molar-refractivity contribution in [3.05, 3.63) is 83.6 Å². The Morgan fingerprint density at radius 2 is 1.69 bits per heavy atom. The van der Waals surface area contributed by atoms with Crippen LogP contribution in [0.15, 0.2) is 61.2 Å². The number of anilines is 1. The van der Waals surface area contributed by atoms with Gasteiger partial charge in [-0.25, -0.2) is 4.68 Å². The smallest absolute Gasteiger partial charge is 0.156 e. The second-order valence-electron chi connectivity index (χ2n) is 7.50. The van der Waals surface area contributed by atoms with Gasteiger partial charge >= 0.3 is 0 Å². The fourth-order valence-corrected chi connectivity index (χ4v) is 4.01. The maximum atomic E-state index is 10.9. The molecule has 2 aliphatic carbocycles. The molecule has 0 bridgehead atoms. The molecule has 0 aromatic carbocycles. The van der Waals surface area contributed by atoms with E-state index in [0.717, 1.165) is 40.9 Å². The number of nitrogens with one attached hydrogen (secondary N) is 1. The third-order valence-corrected chi connectivity index (χ3v) is 5.65. The van der Waals surface area contributed by atoms with Crippen LogP contribution >= 0.6 is 0 Å². The predicted molar refractivity (Wildman–Crippen MR) is 112 cm³/mol. The summed E-state index contributed by atoms with van der Waals surface area (Å²) in [5, 5.41) is 8.27. The Hall–Kier alpha value is -3.54. The molecule has 1 saturated carbocycles. The van der Waals surface area contributed by atoms with Crippen molar-refractivity contribution >= 4 is 24.4 Å². The van der Waals surface area contributed by atoms with Gasteiger partial charge in [-0.1, -0.05) is 12.2 Å². The van der Waals surface area contributed by atoms with Crippen LogP contribution in [-0.4, -0.2) is 32.1 Å². The summed E-state index contributed by atoms with van der Waals surface area (Å²) in [7, 11) is 0. The van der Waals surface area contributed by atoms with Gasteiger partial charge < -0.3 is 5.32 Å². The second kappa shape index (κ2) is 7.13. The molecule has 6 nitrogen and oxygen atoms in total. The standard InChI is InChI=1S/C23H21N5O/c29-15-1-14-28-21-16-23(17-5-10-24-11-6-17,18-7-12-25-13-8-18)9-4-20(21)22(27-28)26-19-2-3-19/h1,4-15,19H,2-3,16H2,(H,26,27). The zero-order valence-electron chi connectivity index (χ0n) is 15.9. The van der Waals surface area contributed by atoms with Crippen LogP contribution in [0.2, 0.25) is 0 Å². The Kier molecular flexibility index (Phi) is 4.31. The van der Waals surface area contributed by atoms with E-state index in [0.29, 0.717) is 6.04 Å². The van der Waals surface area contributed by atoms with Crippen LogP contribution in [0.3, 0.4) is 0 Å². The number of carbonyl (C=O) groups is 1. The van der Waals surface area contributed by atoms with E-state index in [2.05, 4.69) is 51.7 Å². The van der Waals surface area contributed by atoms with Crippen molar-refractivity contribution in [1.82, 2.24) is 19.7 Å². The van der Waals surface area contributed by atoms with Crippen molar-refractivity contribution in [3.63, 3.8) is 0 Å². The minimum Gasteiger partial charge on any atom is -0.365 e. The molecule has 0 radical (unpaired) electrons. The molecule has 29 heavy (non-hydrogen) atoms. The number of aromatic nitrogens is 4. The van der Waals surface area contributed by atoms with Crippen molar-refractivity contribution in [2.75, 3.05) is 5.32 Å². The maximum Gasteiger partial charge on any atom is 0.156 e. The summed E-state index contributed by atoms with van der Waals surface area (Å²) in [6, 6.07) is 8.72. The molecular formula is C23H21N5O. The van der Waals surface area contributed by atoms with Crippen LogP contribution in [0.5, 0.6) is 0 Å². The summed E-state index contributed by atoms with van der Waals surface area (Å²) < 4.78 is 1.83. The lowest BCUT2D eigenvalue weighted by molar-refractivity contribution is -0.104. The van der Waals surface area contributed by atoms with Crippen LogP contribution in [0.4, 0.5) is 5.82 Å². The molecule has 0 saturated heterocycles. The lowest BCUT2D eigenvalue weighted by Crippen LogP contribution is -2.31. The molecule has 1 fully saturated rings. The summed E-state index contributed by atoms with van der Waals surface area (Å²) >= 11 is 0. The first-order chi connectivity index (χ1) is 14.3. The predicted octanol–water partition coefficient (Wildman–Crippen LogP) is 3.47. The molecule has 0 aliphatic heterocycles. The van der Waals surface area contributed by atoms with Gasteiger partial charge in [-0.2, -0.15) is 5.10 Å². The fourth-order valence-electron chi connectivity index (χ4n) is 4.01. The van der Waals surface area contributed by atoms with Crippen LogP contribution in [-0.2, 0) is 16.6 Å². The van der Waals surface area contributed by atoms with E-state index < -0.39 is 0 Å². The molecular weight excluding hydrogens is 362 g/mol. The molecule has 3 heterocycles. The van der Waals surface area contributed by atoms with Crippen LogP contribution < -0.4 is 5.32 Å². The Morgan fingerprint density at radius 3 is 2.28 bits per heavy atom. The van der Waals surface area contributed by atoms with E-state index in [1.165, 1.54) is 18.9 Å². The van der Waals surface area contributed by atoms with Crippen molar-refractivity contribution in [3.8, 4) is 0 Å². The Morgan fingerprint density at radius 1 is 1.03 bits per heavy atom. The number of fused-ring (bicyclic) bond motifs is 1. The Balaban J connectivity index is 1.67. The van der Waals surface area contributed by atoms with Gasteiger partial charge in [0.25, 0.3) is 0 Å². The Bertz CT molecular complexity index is 1040. The molecule has 6 heteroatoms. The van der Waals surface area contributed by atoms with E-state index in [-0.39, 0.29) is 5.41 Å². The summed E-state index contributed by atoms with van der Waals surface area (Å²) in [5.74, 6) is 0.882. The highest BCUT2D eigenvalue weighted by molar-refractivity contribution is 5.74. The Labute approximate surface area is 169 Å².